The smallest absolute Gasteiger partial charge is 0.131 e. The van der Waals surface area contributed by atoms with Crippen molar-refractivity contribution >= 4 is 0 Å². The molecule has 1 heterocycles. The summed E-state index contributed by atoms with van der Waals surface area (Å²) < 4.78 is 6.29. The van der Waals surface area contributed by atoms with E-state index < -0.39 is 0 Å². The van der Waals surface area contributed by atoms with E-state index in [1.54, 1.807) is 0 Å². The summed E-state index contributed by atoms with van der Waals surface area (Å²) in [6.45, 7) is 13.7. The van der Waals surface area contributed by atoms with Crippen LogP contribution in [0.2, 0.25) is 0 Å². The number of hydrogen-bond donors (Lipinski definition) is 0. The van der Waals surface area contributed by atoms with Gasteiger partial charge in [-0.1, -0.05) is 65.8 Å². The SMILES string of the molecule is CC(C)(C)Cc1ccc2c(c1)Oc1cc(CC(C)(C)C)ccc1C2. The minimum atomic E-state index is 0.292. The van der Waals surface area contributed by atoms with E-state index in [9.17, 15) is 0 Å². The Morgan fingerprint density at radius 1 is 0.708 bits per heavy atom. The Balaban J connectivity index is 1.86. The molecule has 0 unspecified atom stereocenters. The van der Waals surface area contributed by atoms with Crippen LogP contribution < -0.4 is 4.74 Å². The standard InChI is InChI=1S/C23H30O/c1-22(2,3)14-16-7-9-18-13-19-10-8-17(15-23(4,5)6)12-21(19)24-20(18)11-16/h7-12H,13-15H2,1-6H3. The lowest BCUT2D eigenvalue weighted by atomic mass is 9.86. The van der Waals surface area contributed by atoms with Gasteiger partial charge in [0, 0.05) is 6.42 Å². The first-order chi connectivity index (χ1) is 11.1. The van der Waals surface area contributed by atoms with E-state index in [1.807, 2.05) is 0 Å². The number of fused-ring (bicyclic) bond motifs is 2. The Bertz CT molecular complexity index is 678. The highest BCUT2D eigenvalue weighted by Gasteiger charge is 2.20. The van der Waals surface area contributed by atoms with Gasteiger partial charge in [0.25, 0.3) is 0 Å². The van der Waals surface area contributed by atoms with Gasteiger partial charge in [-0.25, -0.2) is 0 Å². The largest absolute Gasteiger partial charge is 0.457 e. The average molecular weight is 322 g/mol. The van der Waals surface area contributed by atoms with Crippen LogP contribution in [-0.4, -0.2) is 0 Å². The van der Waals surface area contributed by atoms with E-state index >= 15 is 0 Å². The van der Waals surface area contributed by atoms with Crippen molar-refractivity contribution < 1.29 is 4.74 Å². The highest BCUT2D eigenvalue weighted by atomic mass is 16.5. The minimum absolute atomic E-state index is 0.292. The summed E-state index contributed by atoms with van der Waals surface area (Å²) in [4.78, 5) is 0. The van der Waals surface area contributed by atoms with Crippen molar-refractivity contribution in [2.24, 2.45) is 10.8 Å². The molecule has 1 aliphatic rings. The molecular weight excluding hydrogens is 292 g/mol. The van der Waals surface area contributed by atoms with E-state index in [2.05, 4.69) is 77.9 Å². The molecule has 0 radical (unpaired) electrons. The van der Waals surface area contributed by atoms with E-state index in [0.717, 1.165) is 30.8 Å². The maximum absolute atomic E-state index is 6.29. The van der Waals surface area contributed by atoms with Crippen LogP contribution >= 0.6 is 0 Å². The number of rotatable bonds is 2. The van der Waals surface area contributed by atoms with E-state index in [1.165, 1.54) is 22.3 Å². The highest BCUT2D eigenvalue weighted by molar-refractivity contribution is 5.52. The second-order valence-electron chi connectivity index (χ2n) is 9.64. The summed E-state index contributed by atoms with van der Waals surface area (Å²) in [5.41, 5.74) is 5.89. The Kier molecular flexibility index (Phi) is 4.23. The molecule has 0 amide bonds. The van der Waals surface area contributed by atoms with Gasteiger partial charge in [-0.15, -0.1) is 0 Å². The third kappa shape index (κ3) is 4.20. The topological polar surface area (TPSA) is 9.23 Å². The summed E-state index contributed by atoms with van der Waals surface area (Å²) in [5.74, 6) is 2.08. The third-order valence-corrected chi connectivity index (χ3v) is 4.33. The molecule has 0 fully saturated rings. The first-order valence-electron chi connectivity index (χ1n) is 9.01. The van der Waals surface area contributed by atoms with Gasteiger partial charge in [-0.2, -0.15) is 0 Å². The molecule has 1 nitrogen and oxygen atoms in total. The molecule has 128 valence electrons. The lowest BCUT2D eigenvalue weighted by molar-refractivity contribution is 0.406. The highest BCUT2D eigenvalue weighted by Crippen LogP contribution is 2.39. The molecule has 3 rings (SSSR count). The molecule has 1 heteroatoms. The second-order valence-corrected chi connectivity index (χ2v) is 9.64. The fraction of sp³-hybridized carbons (Fsp3) is 0.478. The van der Waals surface area contributed by atoms with Gasteiger partial charge in [0.2, 0.25) is 0 Å². The van der Waals surface area contributed by atoms with Gasteiger partial charge in [-0.3, -0.25) is 0 Å². The Hall–Kier alpha value is -1.76. The first kappa shape index (κ1) is 17.1. The monoisotopic (exact) mass is 322 g/mol. The average Bonchev–Trinajstić information content (AvgIpc) is 2.41. The van der Waals surface area contributed by atoms with Gasteiger partial charge < -0.3 is 4.74 Å². The zero-order valence-corrected chi connectivity index (χ0v) is 16.0. The van der Waals surface area contributed by atoms with Crippen molar-refractivity contribution in [3.63, 3.8) is 0 Å². The molecule has 2 aromatic rings. The van der Waals surface area contributed by atoms with Gasteiger partial charge in [0.15, 0.2) is 0 Å². The molecule has 0 aliphatic carbocycles. The van der Waals surface area contributed by atoms with Crippen molar-refractivity contribution in [1.29, 1.82) is 0 Å². The lowest BCUT2D eigenvalue weighted by Crippen LogP contribution is -2.11. The van der Waals surface area contributed by atoms with E-state index in [4.69, 9.17) is 4.74 Å². The number of hydrogen-bond acceptors (Lipinski definition) is 1. The Labute approximate surface area is 147 Å². The minimum Gasteiger partial charge on any atom is -0.457 e. The Morgan fingerprint density at radius 3 is 1.50 bits per heavy atom. The molecule has 0 saturated carbocycles. The molecule has 1 aliphatic heterocycles. The van der Waals surface area contributed by atoms with Crippen LogP contribution in [0.15, 0.2) is 36.4 Å². The molecule has 24 heavy (non-hydrogen) atoms. The van der Waals surface area contributed by atoms with Gasteiger partial charge in [-0.05, 0) is 58.1 Å². The van der Waals surface area contributed by atoms with E-state index in [-0.39, 0.29) is 0 Å². The fourth-order valence-electron chi connectivity index (χ4n) is 3.45. The summed E-state index contributed by atoms with van der Waals surface area (Å²) >= 11 is 0. The summed E-state index contributed by atoms with van der Waals surface area (Å²) in [5, 5.41) is 0. The first-order valence-corrected chi connectivity index (χ1v) is 9.01. The van der Waals surface area contributed by atoms with E-state index in [0.29, 0.717) is 10.8 Å². The molecular formula is C23H30O. The summed E-state index contributed by atoms with van der Waals surface area (Å²) in [6.07, 6.45) is 3.11. The van der Waals surface area contributed by atoms with Gasteiger partial charge in [0.1, 0.15) is 11.5 Å². The van der Waals surface area contributed by atoms with Crippen LogP contribution in [-0.2, 0) is 19.3 Å². The molecule has 0 atom stereocenters. The number of benzene rings is 2. The Morgan fingerprint density at radius 2 is 1.12 bits per heavy atom. The van der Waals surface area contributed by atoms with Crippen molar-refractivity contribution in [3.05, 3.63) is 58.7 Å². The number of ether oxygens (including phenoxy) is 1. The fourth-order valence-corrected chi connectivity index (χ4v) is 3.45. The van der Waals surface area contributed by atoms with Gasteiger partial charge >= 0.3 is 0 Å². The second kappa shape index (κ2) is 5.95. The van der Waals surface area contributed by atoms with Crippen LogP contribution in [0.4, 0.5) is 0 Å². The van der Waals surface area contributed by atoms with Gasteiger partial charge in [0.05, 0.1) is 0 Å². The van der Waals surface area contributed by atoms with Crippen LogP contribution in [0.25, 0.3) is 0 Å². The van der Waals surface area contributed by atoms with Crippen molar-refractivity contribution in [2.75, 3.05) is 0 Å². The van der Waals surface area contributed by atoms with Crippen LogP contribution in [0, 0.1) is 10.8 Å². The summed E-state index contributed by atoms with van der Waals surface area (Å²) in [7, 11) is 0. The van der Waals surface area contributed by atoms with Crippen LogP contribution in [0.5, 0.6) is 11.5 Å². The predicted molar refractivity (Wildman–Crippen MR) is 102 cm³/mol. The molecule has 0 aromatic heterocycles. The van der Waals surface area contributed by atoms with Crippen molar-refractivity contribution in [2.45, 2.75) is 60.8 Å². The van der Waals surface area contributed by atoms with Crippen molar-refractivity contribution in [1.82, 2.24) is 0 Å². The lowest BCUT2D eigenvalue weighted by Gasteiger charge is -2.24. The molecule has 0 saturated heterocycles. The molecule has 0 bridgehead atoms. The van der Waals surface area contributed by atoms with Crippen LogP contribution in [0.3, 0.4) is 0 Å². The third-order valence-electron chi connectivity index (χ3n) is 4.33. The van der Waals surface area contributed by atoms with Crippen LogP contribution in [0.1, 0.15) is 63.8 Å². The normalized spacial score (nSPS) is 13.9. The maximum Gasteiger partial charge on any atom is 0.131 e. The summed E-state index contributed by atoms with van der Waals surface area (Å²) in [6, 6.07) is 13.5. The molecule has 0 N–H and O–H groups in total. The molecule has 2 aromatic carbocycles. The van der Waals surface area contributed by atoms with Crippen molar-refractivity contribution in [3.8, 4) is 11.5 Å². The quantitative estimate of drug-likeness (QED) is 0.519. The zero-order valence-electron chi connectivity index (χ0n) is 16.0. The zero-order chi connectivity index (χ0) is 17.5. The molecule has 0 spiro atoms. The predicted octanol–water partition coefficient (Wildman–Crippen LogP) is 6.56. The maximum atomic E-state index is 6.29.